The molecule has 0 spiro atoms. The number of benzene rings is 1. The molecule has 8 nitrogen and oxygen atoms in total. The Bertz CT molecular complexity index is 690. The van der Waals surface area contributed by atoms with Crippen LogP contribution in [0.25, 0.3) is 0 Å². The van der Waals surface area contributed by atoms with Gasteiger partial charge in [-0.25, -0.2) is 0 Å². The fraction of sp³-hybridized carbons (Fsp3) is 0.0769. The van der Waals surface area contributed by atoms with Gasteiger partial charge in [0.15, 0.2) is 5.69 Å². The topological polar surface area (TPSA) is 133 Å². The van der Waals surface area contributed by atoms with Crippen molar-refractivity contribution >= 4 is 23.4 Å². The van der Waals surface area contributed by atoms with Crippen LogP contribution in [0.2, 0.25) is 0 Å². The number of carbonyl (C=O) groups excluding carboxylic acids is 3. The third-order valence-electron chi connectivity index (χ3n) is 2.62. The van der Waals surface area contributed by atoms with Crippen molar-refractivity contribution in [3.8, 4) is 0 Å². The zero-order valence-electron chi connectivity index (χ0n) is 10.9. The Morgan fingerprint density at radius 2 is 1.76 bits per heavy atom. The van der Waals surface area contributed by atoms with Crippen molar-refractivity contribution in [1.82, 2.24) is 9.78 Å². The van der Waals surface area contributed by atoms with E-state index in [1.54, 1.807) is 12.1 Å². The zero-order valence-corrected chi connectivity index (χ0v) is 10.9. The van der Waals surface area contributed by atoms with Gasteiger partial charge in [-0.1, -0.05) is 0 Å². The summed E-state index contributed by atoms with van der Waals surface area (Å²) in [5, 5.41) is 6.53. The second-order valence-electron chi connectivity index (χ2n) is 4.26. The molecule has 0 saturated carbocycles. The van der Waals surface area contributed by atoms with Gasteiger partial charge >= 0.3 is 0 Å². The molecule has 8 heteroatoms. The molecule has 5 N–H and O–H groups in total. The molecule has 0 atom stereocenters. The van der Waals surface area contributed by atoms with E-state index in [-0.39, 0.29) is 12.2 Å². The van der Waals surface area contributed by atoms with E-state index in [0.29, 0.717) is 11.3 Å². The molecule has 0 radical (unpaired) electrons. The second-order valence-corrected chi connectivity index (χ2v) is 4.26. The van der Waals surface area contributed by atoms with Gasteiger partial charge in [-0.3, -0.25) is 19.1 Å². The molecule has 0 aliphatic heterocycles. The first-order valence-electron chi connectivity index (χ1n) is 5.98. The predicted molar refractivity (Wildman–Crippen MR) is 74.3 cm³/mol. The van der Waals surface area contributed by atoms with Gasteiger partial charge in [-0.15, -0.1) is 0 Å². The maximum atomic E-state index is 11.9. The fourth-order valence-electron chi connectivity index (χ4n) is 1.64. The Kier molecular flexibility index (Phi) is 3.98. The molecule has 2 aromatic rings. The molecule has 0 saturated heterocycles. The SMILES string of the molecule is NC(=O)Cn1ccc(C(=O)Nc2ccc(C(N)=O)cc2)n1. The average Bonchev–Trinajstić information content (AvgIpc) is 2.87. The van der Waals surface area contributed by atoms with E-state index < -0.39 is 17.7 Å². The smallest absolute Gasteiger partial charge is 0.276 e. The van der Waals surface area contributed by atoms with E-state index in [2.05, 4.69) is 10.4 Å². The van der Waals surface area contributed by atoms with Crippen LogP contribution in [0.4, 0.5) is 5.69 Å². The number of carbonyl (C=O) groups is 3. The van der Waals surface area contributed by atoms with Gasteiger partial charge in [0.1, 0.15) is 6.54 Å². The van der Waals surface area contributed by atoms with Gasteiger partial charge in [0.2, 0.25) is 11.8 Å². The Hall–Kier alpha value is -3.16. The fourth-order valence-corrected chi connectivity index (χ4v) is 1.64. The average molecular weight is 287 g/mol. The van der Waals surface area contributed by atoms with Crippen molar-refractivity contribution in [2.75, 3.05) is 5.32 Å². The van der Waals surface area contributed by atoms with Crippen LogP contribution >= 0.6 is 0 Å². The number of hydrogen-bond acceptors (Lipinski definition) is 4. The number of primary amides is 2. The van der Waals surface area contributed by atoms with Crippen molar-refractivity contribution in [3.05, 3.63) is 47.8 Å². The molecule has 1 aromatic carbocycles. The van der Waals surface area contributed by atoms with E-state index in [1.165, 1.54) is 29.1 Å². The van der Waals surface area contributed by atoms with E-state index in [9.17, 15) is 14.4 Å². The quantitative estimate of drug-likeness (QED) is 0.697. The largest absolute Gasteiger partial charge is 0.368 e. The highest BCUT2D eigenvalue weighted by atomic mass is 16.2. The summed E-state index contributed by atoms with van der Waals surface area (Å²) in [4.78, 5) is 33.6. The predicted octanol–water partition coefficient (Wildman–Crippen LogP) is -0.280. The molecule has 1 heterocycles. The number of anilines is 1. The van der Waals surface area contributed by atoms with Gasteiger partial charge in [0.25, 0.3) is 5.91 Å². The summed E-state index contributed by atoms with van der Waals surface area (Å²) in [7, 11) is 0. The molecule has 3 amide bonds. The Morgan fingerprint density at radius 3 is 2.33 bits per heavy atom. The standard InChI is InChI=1S/C13H13N5O3/c14-11(19)7-18-6-5-10(17-18)13(21)16-9-3-1-8(2-4-9)12(15)20/h1-6H,7H2,(H2,14,19)(H2,15,20)(H,16,21). The van der Waals surface area contributed by atoms with Crippen molar-refractivity contribution in [2.45, 2.75) is 6.54 Å². The molecule has 0 unspecified atom stereocenters. The van der Waals surface area contributed by atoms with Gasteiger partial charge in [-0.05, 0) is 30.3 Å². The van der Waals surface area contributed by atoms with Crippen LogP contribution in [0, 0.1) is 0 Å². The normalized spacial score (nSPS) is 10.1. The highest BCUT2D eigenvalue weighted by Crippen LogP contribution is 2.10. The summed E-state index contributed by atoms with van der Waals surface area (Å²) in [6, 6.07) is 7.58. The molecule has 1 aromatic heterocycles. The van der Waals surface area contributed by atoms with Gasteiger partial charge in [-0.2, -0.15) is 5.10 Å². The van der Waals surface area contributed by atoms with Crippen LogP contribution in [-0.4, -0.2) is 27.5 Å². The summed E-state index contributed by atoms with van der Waals surface area (Å²) in [6.45, 7) is -0.0966. The lowest BCUT2D eigenvalue weighted by molar-refractivity contribution is -0.118. The Balaban J connectivity index is 2.05. The number of aromatic nitrogens is 2. The minimum atomic E-state index is -0.549. The molecule has 21 heavy (non-hydrogen) atoms. The summed E-state index contributed by atoms with van der Waals surface area (Å²) in [6.07, 6.45) is 1.48. The summed E-state index contributed by atoms with van der Waals surface area (Å²) in [5.41, 5.74) is 11.1. The number of nitrogens with zero attached hydrogens (tertiary/aromatic N) is 2. The number of nitrogens with two attached hydrogens (primary N) is 2. The third kappa shape index (κ3) is 3.66. The van der Waals surface area contributed by atoms with Gasteiger partial charge in [0.05, 0.1) is 0 Å². The van der Waals surface area contributed by atoms with Crippen LogP contribution in [0.3, 0.4) is 0 Å². The number of amides is 3. The number of nitrogens with one attached hydrogen (secondary N) is 1. The Morgan fingerprint density at radius 1 is 1.10 bits per heavy atom. The Labute approximate surface area is 119 Å². The zero-order chi connectivity index (χ0) is 15.4. The van der Waals surface area contributed by atoms with E-state index in [4.69, 9.17) is 11.5 Å². The van der Waals surface area contributed by atoms with Crippen LogP contribution in [-0.2, 0) is 11.3 Å². The molecule has 2 rings (SSSR count). The highest BCUT2D eigenvalue weighted by molar-refractivity contribution is 6.03. The molecular formula is C13H13N5O3. The molecule has 0 aliphatic rings. The first-order valence-corrected chi connectivity index (χ1v) is 5.98. The van der Waals surface area contributed by atoms with Gasteiger partial charge in [0, 0.05) is 17.4 Å². The highest BCUT2D eigenvalue weighted by Gasteiger charge is 2.11. The van der Waals surface area contributed by atoms with Crippen molar-refractivity contribution in [2.24, 2.45) is 11.5 Å². The van der Waals surface area contributed by atoms with Crippen LogP contribution in [0.5, 0.6) is 0 Å². The minimum Gasteiger partial charge on any atom is -0.368 e. The lowest BCUT2D eigenvalue weighted by Gasteiger charge is -2.03. The second kappa shape index (κ2) is 5.87. The van der Waals surface area contributed by atoms with E-state index in [1.807, 2.05) is 0 Å². The lowest BCUT2D eigenvalue weighted by atomic mass is 10.2. The van der Waals surface area contributed by atoms with Crippen molar-refractivity contribution in [3.63, 3.8) is 0 Å². The maximum Gasteiger partial charge on any atom is 0.276 e. The summed E-state index contributed by atoms with van der Waals surface area (Å²) < 4.78 is 1.27. The third-order valence-corrected chi connectivity index (χ3v) is 2.62. The monoisotopic (exact) mass is 287 g/mol. The summed E-state index contributed by atoms with van der Waals surface area (Å²) >= 11 is 0. The van der Waals surface area contributed by atoms with Gasteiger partial charge < -0.3 is 16.8 Å². The first-order chi connectivity index (χ1) is 9.95. The molecule has 0 aliphatic carbocycles. The van der Waals surface area contributed by atoms with E-state index in [0.717, 1.165) is 0 Å². The maximum absolute atomic E-state index is 11.9. The molecule has 0 fully saturated rings. The molecule has 108 valence electrons. The van der Waals surface area contributed by atoms with Crippen LogP contribution in [0.1, 0.15) is 20.8 Å². The molecular weight excluding hydrogens is 274 g/mol. The number of rotatable bonds is 5. The van der Waals surface area contributed by atoms with Crippen LogP contribution < -0.4 is 16.8 Å². The van der Waals surface area contributed by atoms with E-state index >= 15 is 0 Å². The van der Waals surface area contributed by atoms with Crippen molar-refractivity contribution < 1.29 is 14.4 Å². The lowest BCUT2D eigenvalue weighted by Crippen LogP contribution is -2.20. The van der Waals surface area contributed by atoms with Crippen LogP contribution in [0.15, 0.2) is 36.5 Å². The minimum absolute atomic E-state index is 0.0966. The molecule has 0 bridgehead atoms. The van der Waals surface area contributed by atoms with Crippen molar-refractivity contribution in [1.29, 1.82) is 0 Å². The number of hydrogen-bond donors (Lipinski definition) is 3. The first kappa shape index (κ1) is 14.3. The summed E-state index contributed by atoms with van der Waals surface area (Å²) in [5.74, 6) is -1.53.